The second-order valence-electron chi connectivity index (χ2n) is 6.90. The lowest BCUT2D eigenvalue weighted by Gasteiger charge is -2.21. The number of carboxylic acids is 1. The molecule has 8 heteroatoms. The molecule has 0 saturated carbocycles. The lowest BCUT2D eigenvalue weighted by molar-refractivity contribution is -0.142. The summed E-state index contributed by atoms with van der Waals surface area (Å²) in [5.41, 5.74) is 1.93. The van der Waals surface area contributed by atoms with Gasteiger partial charge in [0.05, 0.1) is 0 Å². The quantitative estimate of drug-likeness (QED) is 0.339. The summed E-state index contributed by atoms with van der Waals surface area (Å²) in [5.74, 6) is -1.79. The molecular formula is C22H23N3O4S. The molecule has 1 heterocycles. The summed E-state index contributed by atoms with van der Waals surface area (Å²) in [7, 11) is 0. The van der Waals surface area contributed by atoms with Gasteiger partial charge >= 0.3 is 5.97 Å². The molecule has 0 aliphatic heterocycles. The van der Waals surface area contributed by atoms with Gasteiger partial charge in [0.25, 0.3) is 5.91 Å². The van der Waals surface area contributed by atoms with Crippen LogP contribution in [0, 0.1) is 0 Å². The molecule has 156 valence electrons. The minimum atomic E-state index is -1.14. The number of amides is 2. The Kier molecular flexibility index (Phi) is 7.13. The Morgan fingerprint density at radius 3 is 2.33 bits per heavy atom. The van der Waals surface area contributed by atoms with Gasteiger partial charge in [-0.1, -0.05) is 48.5 Å². The minimum Gasteiger partial charge on any atom is -0.480 e. The normalized spacial score (nSPS) is 12.8. The average molecular weight is 426 g/mol. The number of aromatic nitrogens is 1. The van der Waals surface area contributed by atoms with Gasteiger partial charge in [-0.3, -0.25) is 9.59 Å². The van der Waals surface area contributed by atoms with Crippen LogP contribution in [0.5, 0.6) is 0 Å². The number of H-pyrrole nitrogens is 1. The maximum atomic E-state index is 12.7. The van der Waals surface area contributed by atoms with Crippen molar-refractivity contribution in [1.29, 1.82) is 0 Å². The SMILES string of the molecule is O=C(NC(CCS)C(=O)N[C@H](Cc1ccccc1)C(=O)O)c1cc2ccccc2[nH]1. The van der Waals surface area contributed by atoms with Gasteiger partial charge in [0.2, 0.25) is 5.91 Å². The van der Waals surface area contributed by atoms with E-state index in [-0.39, 0.29) is 12.8 Å². The average Bonchev–Trinajstić information content (AvgIpc) is 3.18. The summed E-state index contributed by atoms with van der Waals surface area (Å²) >= 11 is 4.16. The highest BCUT2D eigenvalue weighted by atomic mass is 32.1. The highest BCUT2D eigenvalue weighted by molar-refractivity contribution is 7.80. The van der Waals surface area contributed by atoms with E-state index in [4.69, 9.17) is 0 Å². The number of rotatable bonds is 9. The lowest BCUT2D eigenvalue weighted by atomic mass is 10.1. The van der Waals surface area contributed by atoms with Crippen LogP contribution < -0.4 is 10.6 Å². The molecule has 7 nitrogen and oxygen atoms in total. The molecule has 30 heavy (non-hydrogen) atoms. The van der Waals surface area contributed by atoms with Crippen LogP contribution >= 0.6 is 12.6 Å². The number of benzene rings is 2. The first-order valence-electron chi connectivity index (χ1n) is 9.54. The predicted molar refractivity (Wildman–Crippen MR) is 118 cm³/mol. The van der Waals surface area contributed by atoms with Crippen LogP contribution in [0.25, 0.3) is 10.9 Å². The van der Waals surface area contributed by atoms with Gasteiger partial charge in [-0.15, -0.1) is 0 Å². The smallest absolute Gasteiger partial charge is 0.326 e. The maximum Gasteiger partial charge on any atom is 0.326 e. The molecule has 1 aromatic heterocycles. The van der Waals surface area contributed by atoms with E-state index in [0.29, 0.717) is 11.4 Å². The zero-order valence-electron chi connectivity index (χ0n) is 16.2. The van der Waals surface area contributed by atoms with E-state index in [2.05, 4.69) is 28.2 Å². The number of hydrogen-bond acceptors (Lipinski definition) is 4. The molecule has 0 bridgehead atoms. The largest absolute Gasteiger partial charge is 0.480 e. The summed E-state index contributed by atoms with van der Waals surface area (Å²) in [6.07, 6.45) is 0.407. The Morgan fingerprint density at radius 2 is 1.67 bits per heavy atom. The zero-order valence-corrected chi connectivity index (χ0v) is 17.1. The van der Waals surface area contributed by atoms with Crippen molar-refractivity contribution in [3.8, 4) is 0 Å². The van der Waals surface area contributed by atoms with E-state index in [9.17, 15) is 19.5 Å². The van der Waals surface area contributed by atoms with E-state index < -0.39 is 29.9 Å². The van der Waals surface area contributed by atoms with Crippen LogP contribution in [0.1, 0.15) is 22.5 Å². The van der Waals surface area contributed by atoms with Crippen molar-refractivity contribution in [2.75, 3.05) is 5.75 Å². The van der Waals surface area contributed by atoms with Gasteiger partial charge in [0.1, 0.15) is 17.8 Å². The fourth-order valence-corrected chi connectivity index (χ4v) is 3.41. The van der Waals surface area contributed by atoms with E-state index in [0.717, 1.165) is 16.5 Å². The minimum absolute atomic E-state index is 0.144. The van der Waals surface area contributed by atoms with Gasteiger partial charge in [0, 0.05) is 17.3 Å². The summed E-state index contributed by atoms with van der Waals surface area (Å²) < 4.78 is 0. The molecule has 2 aromatic carbocycles. The first kappa shape index (κ1) is 21.4. The number of carbonyl (C=O) groups excluding carboxylic acids is 2. The van der Waals surface area contributed by atoms with Crippen molar-refractivity contribution >= 4 is 41.3 Å². The van der Waals surface area contributed by atoms with E-state index in [1.807, 2.05) is 30.3 Å². The Balaban J connectivity index is 1.69. The fourth-order valence-electron chi connectivity index (χ4n) is 3.15. The van der Waals surface area contributed by atoms with Crippen LogP contribution in [0.15, 0.2) is 60.7 Å². The lowest BCUT2D eigenvalue weighted by Crippen LogP contribution is -2.52. The number of aromatic amines is 1. The number of aliphatic carboxylic acids is 1. The summed E-state index contributed by atoms with van der Waals surface area (Å²) in [6, 6.07) is 16.2. The van der Waals surface area contributed by atoms with Crippen LogP contribution in [-0.4, -0.2) is 45.7 Å². The van der Waals surface area contributed by atoms with Gasteiger partial charge in [-0.25, -0.2) is 4.79 Å². The first-order valence-corrected chi connectivity index (χ1v) is 10.2. The third-order valence-electron chi connectivity index (χ3n) is 4.71. The molecule has 0 radical (unpaired) electrons. The second kappa shape index (κ2) is 9.98. The highest BCUT2D eigenvalue weighted by Gasteiger charge is 2.27. The third-order valence-corrected chi connectivity index (χ3v) is 4.97. The Morgan fingerprint density at radius 1 is 0.967 bits per heavy atom. The number of carbonyl (C=O) groups is 3. The van der Waals surface area contributed by atoms with Crippen molar-refractivity contribution < 1.29 is 19.5 Å². The van der Waals surface area contributed by atoms with Gasteiger partial charge < -0.3 is 20.7 Å². The number of hydrogen-bond donors (Lipinski definition) is 5. The predicted octanol–water partition coefficient (Wildman–Crippen LogP) is 2.40. The van der Waals surface area contributed by atoms with Gasteiger partial charge in [0.15, 0.2) is 0 Å². The molecule has 0 aliphatic rings. The number of para-hydroxylation sites is 1. The molecule has 4 N–H and O–H groups in total. The molecule has 0 saturated heterocycles. The van der Waals surface area contributed by atoms with Crippen molar-refractivity contribution in [2.24, 2.45) is 0 Å². The molecule has 1 unspecified atom stereocenters. The zero-order chi connectivity index (χ0) is 21.5. The number of fused-ring (bicyclic) bond motifs is 1. The van der Waals surface area contributed by atoms with Crippen LogP contribution in [0.4, 0.5) is 0 Å². The molecule has 0 spiro atoms. The molecule has 2 amide bonds. The van der Waals surface area contributed by atoms with Crippen molar-refractivity contribution in [2.45, 2.75) is 24.9 Å². The highest BCUT2D eigenvalue weighted by Crippen LogP contribution is 2.15. The van der Waals surface area contributed by atoms with Gasteiger partial charge in [-0.05, 0) is 29.9 Å². The maximum absolute atomic E-state index is 12.7. The standard InChI is InChI=1S/C22H23N3O4S/c26-20(25-19(22(28)29)12-14-6-2-1-3-7-14)17(10-11-30)24-21(27)18-13-15-8-4-5-9-16(15)23-18/h1-9,13,17,19,23,30H,10-12H2,(H,24,27)(H,25,26)(H,28,29)/t17?,19-/m1/s1. The van der Waals surface area contributed by atoms with Gasteiger partial charge in [-0.2, -0.15) is 12.6 Å². The Labute approximate surface area is 179 Å². The van der Waals surface area contributed by atoms with Crippen molar-refractivity contribution in [3.63, 3.8) is 0 Å². The Hall–Kier alpha value is -3.26. The number of thiol groups is 1. The summed E-state index contributed by atoms with van der Waals surface area (Å²) in [6.45, 7) is 0. The summed E-state index contributed by atoms with van der Waals surface area (Å²) in [5, 5.41) is 15.6. The topological polar surface area (TPSA) is 111 Å². The Bertz CT molecular complexity index is 1000. The monoisotopic (exact) mass is 425 g/mol. The van der Waals surface area contributed by atoms with Crippen LogP contribution in [0.2, 0.25) is 0 Å². The molecule has 3 aromatic rings. The van der Waals surface area contributed by atoms with E-state index in [1.54, 1.807) is 30.3 Å². The van der Waals surface area contributed by atoms with Crippen LogP contribution in [0.3, 0.4) is 0 Å². The molecule has 0 fully saturated rings. The summed E-state index contributed by atoms with van der Waals surface area (Å²) in [4.78, 5) is 40.1. The molecular weight excluding hydrogens is 402 g/mol. The number of carboxylic acid groups (broad SMARTS) is 1. The van der Waals surface area contributed by atoms with Crippen molar-refractivity contribution in [1.82, 2.24) is 15.6 Å². The number of nitrogens with one attached hydrogen (secondary N) is 3. The van der Waals surface area contributed by atoms with Crippen LogP contribution in [-0.2, 0) is 16.0 Å². The van der Waals surface area contributed by atoms with E-state index in [1.165, 1.54) is 0 Å². The van der Waals surface area contributed by atoms with Crippen molar-refractivity contribution in [3.05, 3.63) is 71.9 Å². The molecule has 3 rings (SSSR count). The fraction of sp³-hybridized carbons (Fsp3) is 0.227. The third kappa shape index (κ3) is 5.42. The first-order chi connectivity index (χ1) is 14.5. The van der Waals surface area contributed by atoms with E-state index >= 15 is 0 Å². The second-order valence-corrected chi connectivity index (χ2v) is 7.34. The molecule has 2 atom stereocenters. The molecule has 0 aliphatic carbocycles.